The number of nitrogens with zero attached hydrogens (tertiary/aromatic N) is 1. The zero-order valence-corrected chi connectivity index (χ0v) is 15.4. The van der Waals surface area contributed by atoms with Crippen LogP contribution in [0, 0.1) is 6.92 Å². The minimum atomic E-state index is -0.539. The van der Waals surface area contributed by atoms with Crippen LogP contribution in [0.15, 0.2) is 54.0 Å². The number of nitrogens with one attached hydrogen (secondary N) is 1. The van der Waals surface area contributed by atoms with Crippen molar-refractivity contribution in [2.75, 3.05) is 11.9 Å². The summed E-state index contributed by atoms with van der Waals surface area (Å²) in [5.41, 5.74) is 3.22. The van der Waals surface area contributed by atoms with Crippen LogP contribution in [0.1, 0.15) is 15.2 Å². The maximum atomic E-state index is 12.4. The monoisotopic (exact) mass is 386 g/mol. The predicted octanol–water partition coefficient (Wildman–Crippen LogP) is 4.57. The third kappa shape index (κ3) is 4.28. The van der Waals surface area contributed by atoms with Gasteiger partial charge in [0.2, 0.25) is 0 Å². The normalized spacial score (nSPS) is 10.4. The number of esters is 1. The van der Waals surface area contributed by atoms with Gasteiger partial charge in [-0.1, -0.05) is 41.4 Å². The molecule has 0 aliphatic heterocycles. The molecule has 2 aromatic heterocycles. The highest BCUT2D eigenvalue weighted by atomic mass is 35.5. The highest BCUT2D eigenvalue weighted by Gasteiger charge is 2.17. The molecule has 0 aliphatic rings. The van der Waals surface area contributed by atoms with Gasteiger partial charge in [0, 0.05) is 11.8 Å². The van der Waals surface area contributed by atoms with Crippen molar-refractivity contribution in [2.24, 2.45) is 0 Å². The number of thiophene rings is 1. The van der Waals surface area contributed by atoms with Gasteiger partial charge in [0.25, 0.3) is 5.91 Å². The highest BCUT2D eigenvalue weighted by molar-refractivity contribution is 7.12. The Morgan fingerprint density at radius 1 is 1.19 bits per heavy atom. The van der Waals surface area contributed by atoms with Crippen molar-refractivity contribution >= 4 is 40.5 Å². The van der Waals surface area contributed by atoms with E-state index in [2.05, 4.69) is 10.3 Å². The van der Waals surface area contributed by atoms with Crippen LogP contribution in [-0.4, -0.2) is 23.5 Å². The Bertz CT molecular complexity index is 938. The van der Waals surface area contributed by atoms with Gasteiger partial charge in [-0.25, -0.2) is 9.78 Å². The average molecular weight is 387 g/mol. The summed E-state index contributed by atoms with van der Waals surface area (Å²) < 4.78 is 5.14. The molecule has 0 aliphatic carbocycles. The number of anilines is 1. The smallest absolute Gasteiger partial charge is 0.349 e. The lowest BCUT2D eigenvalue weighted by atomic mass is 10.1. The third-order valence-corrected chi connectivity index (χ3v) is 4.78. The molecule has 1 amide bonds. The van der Waals surface area contributed by atoms with Gasteiger partial charge in [0.15, 0.2) is 11.8 Å². The van der Waals surface area contributed by atoms with Crippen molar-refractivity contribution < 1.29 is 14.3 Å². The Balaban J connectivity index is 1.64. The topological polar surface area (TPSA) is 68.3 Å². The number of aryl methyl sites for hydroxylation is 1. The molecule has 1 aromatic carbocycles. The molecule has 1 N–H and O–H groups in total. The van der Waals surface area contributed by atoms with Crippen molar-refractivity contribution in [1.82, 2.24) is 4.98 Å². The Morgan fingerprint density at radius 3 is 2.69 bits per heavy atom. The van der Waals surface area contributed by atoms with Crippen LogP contribution in [0.4, 0.5) is 5.69 Å². The van der Waals surface area contributed by atoms with Gasteiger partial charge in [-0.15, -0.1) is 11.3 Å². The summed E-state index contributed by atoms with van der Waals surface area (Å²) in [7, 11) is 0. The minimum Gasteiger partial charge on any atom is -0.451 e. The molecule has 2 heterocycles. The summed E-state index contributed by atoms with van der Waals surface area (Å²) >= 11 is 7.16. The van der Waals surface area contributed by atoms with Crippen molar-refractivity contribution in [3.05, 3.63) is 69.6 Å². The first kappa shape index (κ1) is 18.1. The summed E-state index contributed by atoms with van der Waals surface area (Å²) in [4.78, 5) is 28.6. The molecule has 3 rings (SSSR count). The Morgan fingerprint density at radius 2 is 1.96 bits per heavy atom. The van der Waals surface area contributed by atoms with E-state index in [1.54, 1.807) is 12.1 Å². The minimum absolute atomic E-state index is 0.173. The molecule has 5 nitrogen and oxygen atoms in total. The molecule has 0 saturated carbocycles. The maximum absolute atomic E-state index is 12.4. The summed E-state index contributed by atoms with van der Waals surface area (Å²) in [6.07, 6.45) is 1.52. The second-order valence-electron chi connectivity index (χ2n) is 5.50. The van der Waals surface area contributed by atoms with E-state index in [4.69, 9.17) is 16.3 Å². The van der Waals surface area contributed by atoms with Crippen LogP contribution >= 0.6 is 22.9 Å². The second-order valence-corrected chi connectivity index (χ2v) is 6.77. The van der Waals surface area contributed by atoms with E-state index in [-0.39, 0.29) is 5.15 Å². The summed E-state index contributed by atoms with van der Waals surface area (Å²) in [6, 6.07) is 13.0. The third-order valence-electron chi connectivity index (χ3n) is 3.58. The number of rotatable bonds is 5. The van der Waals surface area contributed by atoms with Gasteiger partial charge in [-0.3, -0.25) is 4.79 Å². The van der Waals surface area contributed by atoms with Gasteiger partial charge < -0.3 is 10.1 Å². The maximum Gasteiger partial charge on any atom is 0.349 e. The van der Waals surface area contributed by atoms with Crippen LogP contribution in [0.3, 0.4) is 0 Å². The molecule has 0 saturated heterocycles. The van der Waals surface area contributed by atoms with E-state index >= 15 is 0 Å². The van der Waals surface area contributed by atoms with E-state index in [9.17, 15) is 9.59 Å². The SMILES string of the molecule is Cc1ccc(-c2ccsc2C(=O)OCC(=O)Nc2cccnc2Cl)cc1. The molecule has 0 radical (unpaired) electrons. The quantitative estimate of drug-likeness (QED) is 0.515. The molecule has 26 heavy (non-hydrogen) atoms. The Hall–Kier alpha value is -2.70. The van der Waals surface area contributed by atoms with Gasteiger partial charge >= 0.3 is 5.97 Å². The van der Waals surface area contributed by atoms with Crippen LogP contribution in [0.5, 0.6) is 0 Å². The largest absolute Gasteiger partial charge is 0.451 e. The van der Waals surface area contributed by atoms with Crippen LogP contribution in [0.25, 0.3) is 11.1 Å². The lowest BCUT2D eigenvalue weighted by molar-refractivity contribution is -0.119. The van der Waals surface area contributed by atoms with Crippen molar-refractivity contribution in [2.45, 2.75) is 6.92 Å². The standard InChI is InChI=1S/C19H15ClN2O3S/c1-12-4-6-13(7-5-12)14-8-10-26-17(14)19(24)25-11-16(23)22-15-3-2-9-21-18(15)20/h2-10H,11H2,1H3,(H,22,23). The van der Waals surface area contributed by atoms with Crippen molar-refractivity contribution in [3.63, 3.8) is 0 Å². The lowest BCUT2D eigenvalue weighted by Gasteiger charge is -2.08. The number of hydrogen-bond donors (Lipinski definition) is 1. The molecule has 7 heteroatoms. The van der Waals surface area contributed by atoms with Crippen molar-refractivity contribution in [1.29, 1.82) is 0 Å². The number of halogens is 1. The number of ether oxygens (including phenoxy) is 1. The molecule has 0 fully saturated rings. The summed E-state index contributed by atoms with van der Waals surface area (Å²) in [5.74, 6) is -1.02. The molecule has 132 valence electrons. The zero-order valence-electron chi connectivity index (χ0n) is 13.9. The fourth-order valence-corrected chi connectivity index (χ4v) is 3.26. The fourth-order valence-electron chi connectivity index (χ4n) is 2.29. The van der Waals surface area contributed by atoms with Crippen LogP contribution in [-0.2, 0) is 9.53 Å². The van der Waals surface area contributed by atoms with Gasteiger partial charge in [0.05, 0.1) is 5.69 Å². The molecular formula is C19H15ClN2O3S. The van der Waals surface area contributed by atoms with Crippen LogP contribution < -0.4 is 5.32 Å². The van der Waals surface area contributed by atoms with E-state index in [0.717, 1.165) is 16.7 Å². The first-order valence-electron chi connectivity index (χ1n) is 7.76. The second kappa shape index (κ2) is 8.12. The Labute approximate surface area is 159 Å². The lowest BCUT2D eigenvalue weighted by Crippen LogP contribution is -2.21. The predicted molar refractivity (Wildman–Crippen MR) is 103 cm³/mol. The summed E-state index contributed by atoms with van der Waals surface area (Å²) in [6.45, 7) is 1.59. The van der Waals surface area contributed by atoms with Gasteiger partial charge in [-0.05, 0) is 36.1 Å². The summed E-state index contributed by atoms with van der Waals surface area (Å²) in [5, 5.41) is 4.55. The Kier molecular flexibility index (Phi) is 5.65. The zero-order chi connectivity index (χ0) is 18.5. The van der Waals surface area contributed by atoms with Gasteiger partial charge in [-0.2, -0.15) is 0 Å². The molecule has 0 bridgehead atoms. The highest BCUT2D eigenvalue weighted by Crippen LogP contribution is 2.29. The number of hydrogen-bond acceptors (Lipinski definition) is 5. The van der Waals surface area contributed by atoms with E-state index in [1.807, 2.05) is 42.6 Å². The number of benzene rings is 1. The number of amides is 1. The number of pyridine rings is 1. The average Bonchev–Trinajstić information content (AvgIpc) is 3.12. The number of aromatic nitrogens is 1. The van der Waals surface area contributed by atoms with Crippen LogP contribution in [0.2, 0.25) is 5.15 Å². The number of carbonyl (C=O) groups is 2. The molecule has 3 aromatic rings. The first-order valence-corrected chi connectivity index (χ1v) is 9.02. The first-order chi connectivity index (χ1) is 12.5. The fraction of sp³-hybridized carbons (Fsp3) is 0.105. The van der Waals surface area contributed by atoms with E-state index in [1.165, 1.54) is 17.5 Å². The van der Waals surface area contributed by atoms with Crippen molar-refractivity contribution in [3.8, 4) is 11.1 Å². The number of carbonyl (C=O) groups excluding carboxylic acids is 2. The van der Waals surface area contributed by atoms with Gasteiger partial charge in [0.1, 0.15) is 4.88 Å². The molecular weight excluding hydrogens is 372 g/mol. The molecule has 0 atom stereocenters. The molecule has 0 spiro atoms. The van der Waals surface area contributed by atoms with E-state index < -0.39 is 18.5 Å². The van der Waals surface area contributed by atoms with E-state index in [0.29, 0.717) is 10.6 Å². The molecule has 0 unspecified atom stereocenters.